The Morgan fingerprint density at radius 2 is 1.94 bits per heavy atom. The van der Waals surface area contributed by atoms with Crippen molar-refractivity contribution < 1.29 is 13.7 Å². The molecule has 5 heteroatoms. The van der Waals surface area contributed by atoms with Crippen molar-refractivity contribution in [1.82, 2.24) is 0 Å². The SMILES string of the molecule is COc1ccc(CS(=O)CC(C)CN)cc1OC. The van der Waals surface area contributed by atoms with Gasteiger partial charge in [-0.05, 0) is 30.2 Å². The summed E-state index contributed by atoms with van der Waals surface area (Å²) in [7, 11) is 2.29. The van der Waals surface area contributed by atoms with Gasteiger partial charge in [0.15, 0.2) is 11.5 Å². The van der Waals surface area contributed by atoms with E-state index < -0.39 is 10.8 Å². The van der Waals surface area contributed by atoms with Crippen LogP contribution in [0.5, 0.6) is 11.5 Å². The van der Waals surface area contributed by atoms with Crippen molar-refractivity contribution in [3.63, 3.8) is 0 Å². The number of hydrogen-bond acceptors (Lipinski definition) is 4. The smallest absolute Gasteiger partial charge is 0.161 e. The predicted molar refractivity (Wildman–Crippen MR) is 74.5 cm³/mol. The summed E-state index contributed by atoms with van der Waals surface area (Å²) >= 11 is 0. The molecule has 2 N–H and O–H groups in total. The third-order valence-electron chi connectivity index (χ3n) is 2.65. The van der Waals surface area contributed by atoms with E-state index in [2.05, 4.69) is 0 Å². The fraction of sp³-hybridized carbons (Fsp3) is 0.538. The highest BCUT2D eigenvalue weighted by Crippen LogP contribution is 2.28. The summed E-state index contributed by atoms with van der Waals surface area (Å²) in [6.07, 6.45) is 0. The highest BCUT2D eigenvalue weighted by molar-refractivity contribution is 7.84. The average Bonchev–Trinajstić information content (AvgIpc) is 2.38. The van der Waals surface area contributed by atoms with Crippen LogP contribution in [0.4, 0.5) is 0 Å². The molecular weight excluding hydrogens is 250 g/mol. The lowest BCUT2D eigenvalue weighted by Crippen LogP contribution is -2.18. The van der Waals surface area contributed by atoms with Gasteiger partial charge in [-0.1, -0.05) is 13.0 Å². The third kappa shape index (κ3) is 4.31. The minimum Gasteiger partial charge on any atom is -0.493 e. The Balaban J connectivity index is 2.70. The van der Waals surface area contributed by atoms with Crippen molar-refractivity contribution in [3.05, 3.63) is 23.8 Å². The van der Waals surface area contributed by atoms with Crippen LogP contribution in [0.15, 0.2) is 18.2 Å². The van der Waals surface area contributed by atoms with Crippen LogP contribution >= 0.6 is 0 Å². The zero-order chi connectivity index (χ0) is 13.5. The first kappa shape index (κ1) is 15.0. The molecule has 4 nitrogen and oxygen atoms in total. The van der Waals surface area contributed by atoms with Gasteiger partial charge in [0.2, 0.25) is 0 Å². The quantitative estimate of drug-likeness (QED) is 0.817. The molecule has 0 bridgehead atoms. The minimum atomic E-state index is -0.896. The van der Waals surface area contributed by atoms with Crippen molar-refractivity contribution in [3.8, 4) is 11.5 Å². The Labute approximate surface area is 111 Å². The lowest BCUT2D eigenvalue weighted by Gasteiger charge is -2.11. The maximum absolute atomic E-state index is 11.9. The molecule has 1 aromatic rings. The standard InChI is InChI=1S/C13H21NO3S/c1-10(7-14)8-18(15)9-11-4-5-12(16-2)13(6-11)17-3/h4-6,10H,7-9,14H2,1-3H3. The van der Waals surface area contributed by atoms with Gasteiger partial charge >= 0.3 is 0 Å². The number of ether oxygens (including phenoxy) is 2. The predicted octanol–water partition coefficient (Wildman–Crippen LogP) is 1.55. The summed E-state index contributed by atoms with van der Waals surface area (Å²) in [6, 6.07) is 5.61. The first-order valence-electron chi connectivity index (χ1n) is 5.86. The highest BCUT2D eigenvalue weighted by Gasteiger charge is 2.09. The Hall–Kier alpha value is -1.07. The summed E-state index contributed by atoms with van der Waals surface area (Å²) in [5.74, 6) is 2.78. The molecule has 0 aromatic heterocycles. The van der Waals surface area contributed by atoms with E-state index in [0.717, 1.165) is 5.56 Å². The molecule has 0 radical (unpaired) electrons. The average molecular weight is 271 g/mol. The number of methoxy groups -OCH3 is 2. The lowest BCUT2D eigenvalue weighted by molar-refractivity contribution is 0.354. The summed E-state index contributed by atoms with van der Waals surface area (Å²) in [6.45, 7) is 2.57. The molecule has 0 fully saturated rings. The molecule has 0 saturated heterocycles. The number of hydrogen-bond donors (Lipinski definition) is 1. The molecule has 102 valence electrons. The monoisotopic (exact) mass is 271 g/mol. The van der Waals surface area contributed by atoms with E-state index in [1.54, 1.807) is 14.2 Å². The van der Waals surface area contributed by atoms with Gasteiger partial charge in [0, 0.05) is 22.3 Å². The van der Waals surface area contributed by atoms with Crippen LogP contribution in [0.25, 0.3) is 0 Å². The molecule has 0 aliphatic carbocycles. The molecule has 18 heavy (non-hydrogen) atoms. The molecule has 0 aliphatic heterocycles. The van der Waals surface area contributed by atoms with E-state index in [0.29, 0.717) is 29.5 Å². The van der Waals surface area contributed by atoms with E-state index in [9.17, 15) is 4.21 Å². The molecule has 1 aromatic carbocycles. The molecule has 0 saturated carbocycles. The van der Waals surface area contributed by atoms with Crippen molar-refractivity contribution in [2.24, 2.45) is 11.7 Å². The first-order chi connectivity index (χ1) is 8.60. The minimum absolute atomic E-state index is 0.283. The number of benzene rings is 1. The molecule has 0 heterocycles. The maximum Gasteiger partial charge on any atom is 0.161 e. The lowest BCUT2D eigenvalue weighted by atomic mass is 10.2. The second-order valence-corrected chi connectivity index (χ2v) is 5.78. The molecule has 1 rings (SSSR count). The fourth-order valence-corrected chi connectivity index (χ4v) is 3.04. The van der Waals surface area contributed by atoms with Crippen molar-refractivity contribution in [2.75, 3.05) is 26.5 Å². The van der Waals surface area contributed by atoms with Crippen LogP contribution in [0.3, 0.4) is 0 Å². The van der Waals surface area contributed by atoms with Crippen LogP contribution in [-0.4, -0.2) is 30.7 Å². The van der Waals surface area contributed by atoms with Gasteiger partial charge in [-0.2, -0.15) is 0 Å². The Kier molecular flexibility index (Phi) is 6.15. The molecule has 0 aliphatic rings. The molecule has 2 unspecified atom stereocenters. The van der Waals surface area contributed by atoms with Crippen molar-refractivity contribution in [1.29, 1.82) is 0 Å². The Morgan fingerprint density at radius 3 is 2.50 bits per heavy atom. The van der Waals surface area contributed by atoms with Gasteiger partial charge in [0.1, 0.15) is 0 Å². The van der Waals surface area contributed by atoms with Crippen LogP contribution in [0, 0.1) is 5.92 Å². The second kappa shape index (κ2) is 7.38. The summed E-state index contributed by atoms with van der Waals surface area (Å²) in [5, 5.41) is 0. The van der Waals surface area contributed by atoms with Crippen molar-refractivity contribution in [2.45, 2.75) is 12.7 Å². The first-order valence-corrected chi connectivity index (χ1v) is 7.35. The largest absolute Gasteiger partial charge is 0.493 e. The summed E-state index contributed by atoms with van der Waals surface area (Å²) in [4.78, 5) is 0. The van der Waals surface area contributed by atoms with E-state index in [4.69, 9.17) is 15.2 Å². The van der Waals surface area contributed by atoms with Crippen LogP contribution in [0.1, 0.15) is 12.5 Å². The summed E-state index contributed by atoms with van der Waals surface area (Å²) in [5.41, 5.74) is 6.51. The molecule has 0 amide bonds. The summed E-state index contributed by atoms with van der Waals surface area (Å²) < 4.78 is 22.3. The van der Waals surface area contributed by atoms with Gasteiger partial charge in [-0.15, -0.1) is 0 Å². The van der Waals surface area contributed by atoms with Gasteiger partial charge < -0.3 is 15.2 Å². The molecule has 2 atom stereocenters. The normalized spacial score (nSPS) is 14.0. The second-order valence-electron chi connectivity index (χ2n) is 4.28. The topological polar surface area (TPSA) is 61.5 Å². The van der Waals surface area contributed by atoms with Crippen molar-refractivity contribution >= 4 is 10.8 Å². The van der Waals surface area contributed by atoms with E-state index in [1.807, 2.05) is 25.1 Å². The zero-order valence-electron chi connectivity index (χ0n) is 11.1. The van der Waals surface area contributed by atoms with E-state index in [-0.39, 0.29) is 5.92 Å². The Bertz CT molecular complexity index is 409. The van der Waals surface area contributed by atoms with Crippen LogP contribution in [0.2, 0.25) is 0 Å². The van der Waals surface area contributed by atoms with Crippen LogP contribution < -0.4 is 15.2 Å². The molecular formula is C13H21NO3S. The Morgan fingerprint density at radius 1 is 1.28 bits per heavy atom. The molecule has 0 spiro atoms. The number of nitrogens with two attached hydrogens (primary N) is 1. The van der Waals surface area contributed by atoms with Gasteiger partial charge in [-0.3, -0.25) is 4.21 Å². The fourth-order valence-electron chi connectivity index (χ4n) is 1.60. The van der Waals surface area contributed by atoms with E-state index in [1.165, 1.54) is 0 Å². The van der Waals surface area contributed by atoms with Gasteiger partial charge in [0.25, 0.3) is 0 Å². The van der Waals surface area contributed by atoms with Gasteiger partial charge in [-0.25, -0.2) is 0 Å². The van der Waals surface area contributed by atoms with Gasteiger partial charge in [0.05, 0.1) is 14.2 Å². The zero-order valence-corrected chi connectivity index (χ0v) is 12.0. The maximum atomic E-state index is 11.9. The highest BCUT2D eigenvalue weighted by atomic mass is 32.2. The number of rotatable bonds is 7. The van der Waals surface area contributed by atoms with Crippen LogP contribution in [-0.2, 0) is 16.6 Å². The van der Waals surface area contributed by atoms with E-state index >= 15 is 0 Å². The third-order valence-corrected chi connectivity index (χ3v) is 4.24.